The molecule has 0 saturated carbocycles. The van der Waals surface area contributed by atoms with Gasteiger partial charge in [0.1, 0.15) is 0 Å². The molecule has 0 bridgehead atoms. The van der Waals surface area contributed by atoms with Crippen molar-refractivity contribution in [2.24, 2.45) is 0 Å². The van der Waals surface area contributed by atoms with E-state index in [1.165, 1.54) is 0 Å². The van der Waals surface area contributed by atoms with E-state index in [0.717, 1.165) is 0 Å². The Morgan fingerprint density at radius 1 is 1.83 bits per heavy atom. The second-order valence-electron chi connectivity index (χ2n) is 0.402. The van der Waals surface area contributed by atoms with Gasteiger partial charge in [-0.25, -0.2) is 11.5 Å². The molecule has 3 heteroatoms. The van der Waals surface area contributed by atoms with E-state index in [-0.39, 0.29) is 0 Å². The van der Waals surface area contributed by atoms with Crippen molar-refractivity contribution in [3.8, 4) is 0 Å². The minimum atomic E-state index is 1.62. The Balaban J connectivity index is 0. The molecule has 34 valence electrons. The topological polar surface area (TPSA) is 0 Å². The lowest BCUT2D eigenvalue weighted by atomic mass is 10.8. The third-order valence-electron chi connectivity index (χ3n) is 0.167. The van der Waals surface area contributed by atoms with Gasteiger partial charge in [0.2, 0.25) is 7.26 Å². The SMILES string of the molecule is C=CSC.[B]Cl. The zero-order valence-electron chi connectivity index (χ0n) is 3.65. The highest BCUT2D eigenvalue weighted by Gasteiger charge is 1.43. The summed E-state index contributed by atoms with van der Waals surface area (Å²) in [6, 6.07) is 0. The molecular formula is C3H6BClS. The van der Waals surface area contributed by atoms with E-state index in [0.29, 0.717) is 0 Å². The summed E-state index contributed by atoms with van der Waals surface area (Å²) >= 11 is 5.76. The van der Waals surface area contributed by atoms with Gasteiger partial charge in [-0.15, -0.1) is 11.8 Å². The summed E-state index contributed by atoms with van der Waals surface area (Å²) in [5.74, 6) is 0. The van der Waals surface area contributed by atoms with Crippen molar-refractivity contribution in [1.82, 2.24) is 0 Å². The zero-order chi connectivity index (χ0) is 5.41. The van der Waals surface area contributed by atoms with E-state index in [1.807, 2.05) is 6.26 Å². The molecule has 0 aliphatic heterocycles. The van der Waals surface area contributed by atoms with E-state index in [1.54, 1.807) is 17.2 Å². The summed E-state index contributed by atoms with van der Waals surface area (Å²) in [7, 11) is 3.97. The summed E-state index contributed by atoms with van der Waals surface area (Å²) < 4.78 is 0. The predicted octanol–water partition coefficient (Wildman–Crippen LogP) is 1.80. The van der Waals surface area contributed by atoms with Crippen molar-refractivity contribution < 1.29 is 0 Å². The first kappa shape index (κ1) is 9.67. The smallest absolute Gasteiger partial charge is 0.214 e. The van der Waals surface area contributed by atoms with Crippen molar-refractivity contribution in [1.29, 1.82) is 0 Å². The molecule has 0 amide bonds. The fraction of sp³-hybridized carbons (Fsp3) is 0.333. The Hall–Kier alpha value is 0.445. The molecule has 0 atom stereocenters. The molecule has 0 heterocycles. The fourth-order valence-electron chi connectivity index (χ4n) is 0. The van der Waals surface area contributed by atoms with Crippen molar-refractivity contribution >= 4 is 30.5 Å². The average Bonchev–Trinajstić information content (AvgIpc) is 1.72. The maximum atomic E-state index is 4.14. The first-order chi connectivity index (χ1) is 2.91. The lowest BCUT2D eigenvalue weighted by molar-refractivity contribution is 2.46. The molecule has 2 radical (unpaired) electrons. The van der Waals surface area contributed by atoms with Gasteiger partial charge in [-0.05, 0) is 11.7 Å². The van der Waals surface area contributed by atoms with Crippen LogP contribution in [0.15, 0.2) is 12.0 Å². The monoisotopic (exact) mass is 120 g/mol. The van der Waals surface area contributed by atoms with E-state index in [4.69, 9.17) is 0 Å². The van der Waals surface area contributed by atoms with Crippen molar-refractivity contribution in [3.05, 3.63) is 12.0 Å². The molecule has 6 heavy (non-hydrogen) atoms. The van der Waals surface area contributed by atoms with Gasteiger partial charge in [-0.2, -0.15) is 0 Å². The van der Waals surface area contributed by atoms with Crippen LogP contribution in [0.5, 0.6) is 0 Å². The Morgan fingerprint density at radius 2 is 2.00 bits per heavy atom. The maximum Gasteiger partial charge on any atom is 0.214 e. The first-order valence-electron chi connectivity index (χ1n) is 1.27. The van der Waals surface area contributed by atoms with E-state index >= 15 is 0 Å². The lowest BCUT2D eigenvalue weighted by Crippen LogP contribution is -1.25. The lowest BCUT2D eigenvalue weighted by Gasteiger charge is -1.59. The highest BCUT2D eigenvalue weighted by Crippen LogP contribution is 1.85. The van der Waals surface area contributed by atoms with Crippen LogP contribution >= 0.6 is 23.2 Å². The zero-order valence-corrected chi connectivity index (χ0v) is 5.22. The second-order valence-corrected chi connectivity index (χ2v) is 1.21. The number of rotatable bonds is 1. The van der Waals surface area contributed by atoms with Gasteiger partial charge in [-0.3, -0.25) is 0 Å². The van der Waals surface area contributed by atoms with Crippen molar-refractivity contribution in [2.45, 2.75) is 0 Å². The highest BCUT2D eigenvalue weighted by molar-refractivity contribution is 8.01. The molecule has 0 fully saturated rings. The van der Waals surface area contributed by atoms with Crippen LogP contribution in [0.1, 0.15) is 0 Å². The van der Waals surface area contributed by atoms with Gasteiger partial charge in [0, 0.05) is 0 Å². The summed E-state index contributed by atoms with van der Waals surface area (Å²) in [4.78, 5) is 0. The second kappa shape index (κ2) is 18.0. The normalized spacial score (nSPS) is 5.00. The Labute approximate surface area is 49.3 Å². The summed E-state index contributed by atoms with van der Waals surface area (Å²) in [6.45, 7) is 3.44. The van der Waals surface area contributed by atoms with Crippen molar-refractivity contribution in [3.63, 3.8) is 0 Å². The molecule has 0 saturated heterocycles. The van der Waals surface area contributed by atoms with Crippen LogP contribution in [0, 0.1) is 0 Å². The minimum Gasteiger partial charge on any atom is -0.214 e. The Morgan fingerprint density at radius 3 is 2.00 bits per heavy atom. The van der Waals surface area contributed by atoms with Crippen molar-refractivity contribution in [2.75, 3.05) is 6.26 Å². The van der Waals surface area contributed by atoms with Crippen LogP contribution in [-0.4, -0.2) is 13.5 Å². The third-order valence-corrected chi connectivity index (χ3v) is 0.500. The molecule has 0 N–H and O–H groups in total. The van der Waals surface area contributed by atoms with Crippen LogP contribution in [0.25, 0.3) is 0 Å². The Kier molecular flexibility index (Phi) is 29.0. The third kappa shape index (κ3) is 25.3. The van der Waals surface area contributed by atoms with Gasteiger partial charge in [0.25, 0.3) is 0 Å². The van der Waals surface area contributed by atoms with Crippen LogP contribution in [0.4, 0.5) is 0 Å². The molecule has 0 aromatic rings. The fourth-order valence-corrected chi connectivity index (χ4v) is 0. The van der Waals surface area contributed by atoms with E-state index < -0.39 is 0 Å². The maximum absolute atomic E-state index is 4.14. The van der Waals surface area contributed by atoms with E-state index in [9.17, 15) is 0 Å². The highest BCUT2D eigenvalue weighted by atomic mass is 35.5. The van der Waals surface area contributed by atoms with Gasteiger partial charge in [0.05, 0.1) is 0 Å². The molecule has 0 aromatic carbocycles. The standard InChI is InChI=1S/C3H6S.BCl/c1-3-4-2;1-2/h3H,1H2,2H3;. The average molecular weight is 120 g/mol. The number of thioether (sulfide) groups is 1. The molecule has 0 aromatic heterocycles. The Bertz CT molecular complexity index is 24.8. The van der Waals surface area contributed by atoms with Crippen LogP contribution < -0.4 is 0 Å². The molecule has 0 nitrogen and oxygen atoms in total. The number of hydrogen-bond acceptors (Lipinski definition) is 1. The summed E-state index contributed by atoms with van der Waals surface area (Å²) in [5, 5.41) is 1.79. The van der Waals surface area contributed by atoms with E-state index in [2.05, 4.69) is 25.3 Å². The van der Waals surface area contributed by atoms with Crippen LogP contribution in [0.3, 0.4) is 0 Å². The molecule has 0 rings (SSSR count). The van der Waals surface area contributed by atoms with Crippen LogP contribution in [-0.2, 0) is 0 Å². The quantitative estimate of drug-likeness (QED) is 0.476. The molecule has 0 aliphatic carbocycles. The van der Waals surface area contributed by atoms with Gasteiger partial charge >= 0.3 is 0 Å². The largest absolute Gasteiger partial charge is 0.214 e. The van der Waals surface area contributed by atoms with Gasteiger partial charge in [-0.1, -0.05) is 6.58 Å². The minimum absolute atomic E-state index is 1.62. The number of hydrogen-bond donors (Lipinski definition) is 0. The molecular weight excluding hydrogens is 114 g/mol. The van der Waals surface area contributed by atoms with Gasteiger partial charge in [0.15, 0.2) is 0 Å². The number of halogens is 1. The van der Waals surface area contributed by atoms with Gasteiger partial charge < -0.3 is 0 Å². The molecule has 0 aliphatic rings. The summed E-state index contributed by atoms with van der Waals surface area (Å²) in [5.41, 5.74) is 0. The van der Waals surface area contributed by atoms with Crippen LogP contribution in [0.2, 0.25) is 0 Å². The molecule has 0 spiro atoms. The molecule has 0 unspecified atom stereocenters. The predicted molar refractivity (Wildman–Crippen MR) is 35.3 cm³/mol. The first-order valence-corrected chi connectivity index (χ1v) is 2.99. The summed E-state index contributed by atoms with van der Waals surface area (Å²) in [6.07, 6.45) is 1.98.